The number of benzene rings is 3. The van der Waals surface area contributed by atoms with Gasteiger partial charge in [-0.1, -0.05) is 49.2 Å². The lowest BCUT2D eigenvalue weighted by Crippen LogP contribution is -2.36. The first-order valence-corrected chi connectivity index (χ1v) is 12.4. The SMILES string of the molecule is COc1ccccc1NC(=O)N(CCCCCCC(=O)NO)c1ccc(-c2ccc3cc[nH]c3c2)cc1. The van der Waals surface area contributed by atoms with E-state index in [0.29, 0.717) is 24.4 Å². The summed E-state index contributed by atoms with van der Waals surface area (Å²) in [7, 11) is 1.57. The Morgan fingerprint density at radius 2 is 1.68 bits per heavy atom. The van der Waals surface area contributed by atoms with Crippen molar-refractivity contribution in [3.63, 3.8) is 0 Å². The number of rotatable bonds is 11. The van der Waals surface area contributed by atoms with Crippen molar-refractivity contribution in [3.05, 3.63) is 79.0 Å². The van der Waals surface area contributed by atoms with E-state index in [1.807, 2.05) is 48.7 Å². The van der Waals surface area contributed by atoms with Crippen molar-refractivity contribution in [2.75, 3.05) is 23.9 Å². The molecule has 37 heavy (non-hydrogen) atoms. The average Bonchev–Trinajstić information content (AvgIpc) is 3.41. The molecule has 3 amide bonds. The van der Waals surface area contributed by atoms with Crippen LogP contribution in [0.15, 0.2) is 79.0 Å². The number of hydroxylamine groups is 1. The zero-order chi connectivity index (χ0) is 26.0. The molecule has 4 N–H and O–H groups in total. The first kappa shape index (κ1) is 25.8. The van der Waals surface area contributed by atoms with Crippen LogP contribution < -0.4 is 20.4 Å². The molecule has 1 aromatic heterocycles. The predicted octanol–water partition coefficient (Wildman–Crippen LogP) is 6.34. The van der Waals surface area contributed by atoms with Crippen LogP contribution in [0.3, 0.4) is 0 Å². The third kappa shape index (κ3) is 6.68. The molecule has 3 aromatic carbocycles. The fourth-order valence-corrected chi connectivity index (χ4v) is 4.30. The van der Waals surface area contributed by atoms with Gasteiger partial charge in [-0.15, -0.1) is 0 Å². The van der Waals surface area contributed by atoms with Gasteiger partial charge >= 0.3 is 6.03 Å². The van der Waals surface area contributed by atoms with Crippen molar-refractivity contribution in [2.24, 2.45) is 0 Å². The summed E-state index contributed by atoms with van der Waals surface area (Å²) in [5, 5.41) is 12.8. The lowest BCUT2D eigenvalue weighted by molar-refractivity contribution is -0.129. The predicted molar refractivity (Wildman–Crippen MR) is 146 cm³/mol. The maximum atomic E-state index is 13.4. The number of hydrogen-bond acceptors (Lipinski definition) is 4. The van der Waals surface area contributed by atoms with Crippen molar-refractivity contribution in [2.45, 2.75) is 32.1 Å². The van der Waals surface area contributed by atoms with Crippen LogP contribution >= 0.6 is 0 Å². The van der Waals surface area contributed by atoms with Gasteiger partial charge in [-0.05, 0) is 65.8 Å². The van der Waals surface area contributed by atoms with E-state index in [2.05, 4.69) is 28.5 Å². The van der Waals surface area contributed by atoms with Crippen molar-refractivity contribution in [3.8, 4) is 16.9 Å². The second-order valence-corrected chi connectivity index (χ2v) is 8.81. The molecule has 1 heterocycles. The number of aromatic amines is 1. The largest absolute Gasteiger partial charge is 0.495 e. The molecule has 4 rings (SSSR count). The number of unbranched alkanes of at least 4 members (excludes halogenated alkanes) is 3. The molecule has 0 saturated heterocycles. The minimum absolute atomic E-state index is 0.246. The molecule has 0 radical (unpaired) electrons. The summed E-state index contributed by atoms with van der Waals surface area (Å²) in [4.78, 5) is 29.5. The number of anilines is 2. The Morgan fingerprint density at radius 3 is 2.46 bits per heavy atom. The minimum atomic E-state index is -0.381. The number of fused-ring (bicyclic) bond motifs is 1. The summed E-state index contributed by atoms with van der Waals surface area (Å²) >= 11 is 0. The van der Waals surface area contributed by atoms with Crippen LogP contribution in [0.4, 0.5) is 16.2 Å². The Hall–Kier alpha value is -4.30. The van der Waals surface area contributed by atoms with E-state index < -0.39 is 0 Å². The molecule has 8 nitrogen and oxygen atoms in total. The average molecular weight is 501 g/mol. The minimum Gasteiger partial charge on any atom is -0.495 e. The highest BCUT2D eigenvalue weighted by Crippen LogP contribution is 2.28. The third-order valence-corrected chi connectivity index (χ3v) is 6.32. The Labute approximate surface area is 216 Å². The zero-order valence-electron chi connectivity index (χ0n) is 20.9. The van der Waals surface area contributed by atoms with Crippen LogP contribution in [0.5, 0.6) is 5.75 Å². The number of methoxy groups -OCH3 is 1. The second kappa shape index (κ2) is 12.6. The molecule has 0 aliphatic heterocycles. The standard InChI is InChI=1S/C29H32N4O4/c1-37-27-9-6-5-8-25(27)31-29(35)33(19-7-3-2-4-10-28(34)32-36)24-15-13-21(14-16-24)23-12-11-22-17-18-30-26(22)20-23/h5-6,8-9,11-18,20,30,36H,2-4,7,10,19H2,1H3,(H,31,35)(H,32,34). The first-order valence-electron chi connectivity index (χ1n) is 12.4. The van der Waals surface area contributed by atoms with Crippen molar-refractivity contribution in [1.29, 1.82) is 0 Å². The third-order valence-electron chi connectivity index (χ3n) is 6.32. The van der Waals surface area contributed by atoms with E-state index in [4.69, 9.17) is 9.94 Å². The fraction of sp³-hybridized carbons (Fsp3) is 0.241. The smallest absolute Gasteiger partial charge is 0.326 e. The van der Waals surface area contributed by atoms with Crippen LogP contribution in [0.2, 0.25) is 0 Å². The van der Waals surface area contributed by atoms with E-state index in [9.17, 15) is 9.59 Å². The molecule has 0 fully saturated rings. The number of nitrogens with one attached hydrogen (secondary N) is 3. The summed E-state index contributed by atoms with van der Waals surface area (Å²) in [5.41, 5.74) is 6.28. The highest BCUT2D eigenvalue weighted by molar-refractivity contribution is 6.02. The molecule has 4 aromatic rings. The first-order chi connectivity index (χ1) is 18.1. The summed E-state index contributed by atoms with van der Waals surface area (Å²) in [5.74, 6) is 0.210. The Kier molecular flexibility index (Phi) is 8.78. The maximum Gasteiger partial charge on any atom is 0.326 e. The van der Waals surface area contributed by atoms with Gasteiger partial charge in [-0.25, -0.2) is 10.3 Å². The lowest BCUT2D eigenvalue weighted by atomic mass is 10.0. The van der Waals surface area contributed by atoms with Gasteiger partial charge in [0.25, 0.3) is 0 Å². The molecule has 0 unspecified atom stereocenters. The molecule has 0 aliphatic carbocycles. The number of nitrogens with zero attached hydrogens (tertiary/aromatic N) is 1. The number of H-pyrrole nitrogens is 1. The molecule has 0 saturated carbocycles. The quantitative estimate of drug-likeness (QED) is 0.110. The lowest BCUT2D eigenvalue weighted by Gasteiger charge is -2.24. The number of urea groups is 1. The second-order valence-electron chi connectivity index (χ2n) is 8.81. The number of ether oxygens (including phenoxy) is 1. The van der Waals surface area contributed by atoms with Gasteiger partial charge in [0.05, 0.1) is 12.8 Å². The van der Waals surface area contributed by atoms with Crippen LogP contribution in [0.1, 0.15) is 32.1 Å². The number of hydrogen-bond donors (Lipinski definition) is 4. The van der Waals surface area contributed by atoms with Crippen molar-refractivity contribution < 1.29 is 19.5 Å². The molecular formula is C29H32N4O4. The van der Waals surface area contributed by atoms with Gasteiger partial charge in [0.15, 0.2) is 0 Å². The number of amides is 3. The van der Waals surface area contributed by atoms with E-state index in [-0.39, 0.29) is 18.4 Å². The number of para-hydroxylation sites is 2. The van der Waals surface area contributed by atoms with Gasteiger partial charge in [0.2, 0.25) is 5.91 Å². The summed E-state index contributed by atoms with van der Waals surface area (Å²) in [6.45, 7) is 0.515. The van der Waals surface area contributed by atoms with Gasteiger partial charge < -0.3 is 15.0 Å². The number of aromatic nitrogens is 1. The highest BCUT2D eigenvalue weighted by atomic mass is 16.5. The van der Waals surface area contributed by atoms with Gasteiger partial charge in [0.1, 0.15) is 5.75 Å². The van der Waals surface area contributed by atoms with Crippen LogP contribution in [-0.4, -0.2) is 35.8 Å². The van der Waals surface area contributed by atoms with Gasteiger partial charge in [-0.2, -0.15) is 0 Å². The molecule has 0 spiro atoms. The normalized spacial score (nSPS) is 10.8. The van der Waals surface area contributed by atoms with E-state index in [1.54, 1.807) is 29.6 Å². The maximum absolute atomic E-state index is 13.4. The Morgan fingerprint density at radius 1 is 0.919 bits per heavy atom. The molecule has 192 valence electrons. The summed E-state index contributed by atoms with van der Waals surface area (Å²) in [6, 6.07) is 23.4. The Bertz CT molecular complexity index is 1330. The van der Waals surface area contributed by atoms with E-state index in [0.717, 1.165) is 47.0 Å². The van der Waals surface area contributed by atoms with Crippen LogP contribution in [-0.2, 0) is 4.79 Å². The van der Waals surface area contributed by atoms with Crippen molar-refractivity contribution in [1.82, 2.24) is 10.5 Å². The van der Waals surface area contributed by atoms with Crippen molar-refractivity contribution >= 4 is 34.2 Å². The van der Waals surface area contributed by atoms with E-state index >= 15 is 0 Å². The topological polar surface area (TPSA) is 107 Å². The van der Waals surface area contributed by atoms with E-state index in [1.165, 1.54) is 0 Å². The fourth-order valence-electron chi connectivity index (χ4n) is 4.30. The zero-order valence-corrected chi connectivity index (χ0v) is 20.9. The molecular weight excluding hydrogens is 468 g/mol. The van der Waals surface area contributed by atoms with Gasteiger partial charge in [-0.3, -0.25) is 14.9 Å². The van der Waals surface area contributed by atoms with Gasteiger partial charge in [0, 0.05) is 30.4 Å². The number of carbonyl (C=O) groups is 2. The highest BCUT2D eigenvalue weighted by Gasteiger charge is 2.17. The monoisotopic (exact) mass is 500 g/mol. The van der Waals surface area contributed by atoms with Crippen LogP contribution in [0.25, 0.3) is 22.0 Å². The Balaban J connectivity index is 1.48. The van der Waals surface area contributed by atoms with Crippen LogP contribution in [0, 0.1) is 0 Å². The number of carbonyl (C=O) groups excluding carboxylic acids is 2. The molecule has 0 aliphatic rings. The molecule has 8 heteroatoms. The summed E-state index contributed by atoms with van der Waals surface area (Å²) < 4.78 is 5.39. The molecule has 0 atom stereocenters. The summed E-state index contributed by atoms with van der Waals surface area (Å²) in [6.07, 6.45) is 5.34. The molecule has 0 bridgehead atoms.